The minimum atomic E-state index is -0.368. The number of nitrogens with zero attached hydrogens (tertiary/aromatic N) is 2. The van der Waals surface area contributed by atoms with Crippen LogP contribution >= 0.6 is 23.4 Å². The van der Waals surface area contributed by atoms with Gasteiger partial charge in [-0.15, -0.1) is 11.8 Å². The second-order valence-electron chi connectivity index (χ2n) is 5.67. The molecule has 2 aromatic heterocycles. The summed E-state index contributed by atoms with van der Waals surface area (Å²) >= 11 is 7.12. The van der Waals surface area contributed by atoms with Gasteiger partial charge in [-0.1, -0.05) is 11.6 Å². The van der Waals surface area contributed by atoms with Crippen molar-refractivity contribution in [2.75, 3.05) is 16.8 Å². The molecule has 9 heteroatoms. The number of pyridine rings is 1. The number of halogens is 2. The van der Waals surface area contributed by atoms with E-state index >= 15 is 0 Å². The number of thioether (sulfide) groups is 1. The fourth-order valence-corrected chi connectivity index (χ4v) is 3.12. The van der Waals surface area contributed by atoms with Gasteiger partial charge >= 0.3 is 0 Å². The molecule has 1 aromatic carbocycles. The summed E-state index contributed by atoms with van der Waals surface area (Å²) in [5, 5.41) is 6.00. The summed E-state index contributed by atoms with van der Waals surface area (Å²) < 4.78 is 14.6. The van der Waals surface area contributed by atoms with Gasteiger partial charge in [0.1, 0.15) is 11.5 Å². The van der Waals surface area contributed by atoms with E-state index in [4.69, 9.17) is 11.6 Å². The summed E-state index contributed by atoms with van der Waals surface area (Å²) in [6, 6.07) is 9.04. The molecular weight excluding hydrogens is 391 g/mol. The van der Waals surface area contributed by atoms with Crippen LogP contribution in [0.15, 0.2) is 48.8 Å². The Balaban J connectivity index is 1.38. The van der Waals surface area contributed by atoms with Gasteiger partial charge in [-0.25, -0.2) is 9.37 Å². The van der Waals surface area contributed by atoms with Gasteiger partial charge in [-0.05, 0) is 36.4 Å². The largest absolute Gasteiger partial charge is 0.350 e. The van der Waals surface area contributed by atoms with Crippen LogP contribution in [0.4, 0.5) is 10.1 Å². The first-order valence-corrected chi connectivity index (χ1v) is 9.56. The molecule has 27 heavy (non-hydrogen) atoms. The van der Waals surface area contributed by atoms with Crippen LogP contribution in [-0.2, 0) is 16.1 Å². The van der Waals surface area contributed by atoms with Crippen LogP contribution in [0.2, 0.25) is 5.02 Å². The lowest BCUT2D eigenvalue weighted by Gasteiger charge is -2.05. The first kappa shape index (κ1) is 19.2. The first-order chi connectivity index (χ1) is 13.0. The van der Waals surface area contributed by atoms with Crippen molar-refractivity contribution in [2.24, 2.45) is 0 Å². The highest BCUT2D eigenvalue weighted by molar-refractivity contribution is 8.00. The average molecular weight is 407 g/mol. The van der Waals surface area contributed by atoms with E-state index in [9.17, 15) is 14.0 Å². The number of anilines is 1. The second-order valence-corrected chi connectivity index (χ2v) is 7.09. The number of hydrogen-bond acceptors (Lipinski definition) is 4. The van der Waals surface area contributed by atoms with Gasteiger partial charge in [0.2, 0.25) is 11.8 Å². The van der Waals surface area contributed by atoms with Gasteiger partial charge in [-0.3, -0.25) is 9.59 Å². The highest BCUT2D eigenvalue weighted by atomic mass is 35.5. The molecule has 140 valence electrons. The molecule has 0 saturated heterocycles. The van der Waals surface area contributed by atoms with Gasteiger partial charge in [0.25, 0.3) is 0 Å². The molecule has 0 aliphatic rings. The Labute approximate surface area is 164 Å². The third kappa shape index (κ3) is 5.70. The molecule has 3 aromatic rings. The normalized spacial score (nSPS) is 10.7. The van der Waals surface area contributed by atoms with E-state index in [1.165, 1.54) is 36.0 Å². The molecule has 0 bridgehead atoms. The zero-order valence-corrected chi connectivity index (χ0v) is 15.7. The minimum Gasteiger partial charge on any atom is -0.350 e. The van der Waals surface area contributed by atoms with Crippen molar-refractivity contribution in [2.45, 2.75) is 6.54 Å². The van der Waals surface area contributed by atoms with Gasteiger partial charge in [0, 0.05) is 18.1 Å². The molecule has 0 atom stereocenters. The fraction of sp³-hybridized carbons (Fsp3) is 0.167. The molecule has 3 rings (SSSR count). The molecule has 2 heterocycles. The average Bonchev–Trinajstić information content (AvgIpc) is 3.04. The number of aromatic nitrogens is 2. The van der Waals surface area contributed by atoms with Crippen molar-refractivity contribution in [3.63, 3.8) is 0 Å². The number of carbonyl (C=O) groups excluding carboxylic acids is 2. The molecule has 2 N–H and O–H groups in total. The van der Waals surface area contributed by atoms with Crippen molar-refractivity contribution >= 4 is 46.5 Å². The number of imidazole rings is 1. The maximum absolute atomic E-state index is 12.8. The Morgan fingerprint density at radius 1 is 1.07 bits per heavy atom. The lowest BCUT2D eigenvalue weighted by molar-refractivity contribution is -0.118. The summed E-state index contributed by atoms with van der Waals surface area (Å²) in [6.07, 6.45) is 3.54. The molecule has 0 aliphatic heterocycles. The van der Waals surface area contributed by atoms with E-state index in [0.717, 1.165) is 5.65 Å². The van der Waals surface area contributed by atoms with Gasteiger partial charge in [0.05, 0.1) is 28.8 Å². The molecule has 0 unspecified atom stereocenters. The van der Waals surface area contributed by atoms with Crippen LogP contribution in [-0.4, -0.2) is 32.7 Å². The van der Waals surface area contributed by atoms with Crippen molar-refractivity contribution in [1.29, 1.82) is 0 Å². The molecule has 2 amide bonds. The van der Waals surface area contributed by atoms with Crippen LogP contribution in [0.5, 0.6) is 0 Å². The van der Waals surface area contributed by atoms with Crippen LogP contribution < -0.4 is 10.6 Å². The quantitative estimate of drug-likeness (QED) is 0.632. The van der Waals surface area contributed by atoms with E-state index in [1.807, 2.05) is 0 Å². The molecule has 6 nitrogen and oxygen atoms in total. The Morgan fingerprint density at radius 3 is 2.59 bits per heavy atom. The van der Waals surface area contributed by atoms with Crippen molar-refractivity contribution < 1.29 is 14.0 Å². The predicted octanol–water partition coefficient (Wildman–Crippen LogP) is 3.11. The Bertz CT molecular complexity index is 962. The van der Waals surface area contributed by atoms with E-state index < -0.39 is 0 Å². The summed E-state index contributed by atoms with van der Waals surface area (Å²) in [4.78, 5) is 28.1. The van der Waals surface area contributed by atoms with E-state index in [1.54, 1.807) is 28.9 Å². The summed E-state index contributed by atoms with van der Waals surface area (Å²) in [7, 11) is 0. The summed E-state index contributed by atoms with van der Waals surface area (Å²) in [6.45, 7) is 0.292. The van der Waals surface area contributed by atoms with Crippen LogP contribution in [0.1, 0.15) is 5.69 Å². The Kier molecular flexibility index (Phi) is 6.31. The number of rotatable bonds is 7. The Hall–Kier alpha value is -2.58. The maximum Gasteiger partial charge on any atom is 0.234 e. The molecule has 0 radical (unpaired) electrons. The molecule has 0 saturated carbocycles. The SMILES string of the molecule is O=C(CSCC(=O)Nc1ccc(F)cc1)NCc1cn2cc(Cl)ccc2n1. The highest BCUT2D eigenvalue weighted by Gasteiger charge is 2.08. The van der Waals surface area contributed by atoms with E-state index in [2.05, 4.69) is 15.6 Å². The first-order valence-electron chi connectivity index (χ1n) is 8.02. The lowest BCUT2D eigenvalue weighted by Crippen LogP contribution is -2.25. The summed E-state index contributed by atoms with van der Waals surface area (Å²) in [5.41, 5.74) is 1.97. The molecule has 0 aliphatic carbocycles. The molecule has 0 spiro atoms. The number of amides is 2. The van der Waals surface area contributed by atoms with Gasteiger partial charge in [0.15, 0.2) is 0 Å². The monoisotopic (exact) mass is 406 g/mol. The topological polar surface area (TPSA) is 75.5 Å². The van der Waals surface area contributed by atoms with Gasteiger partial charge in [-0.2, -0.15) is 0 Å². The zero-order chi connectivity index (χ0) is 19.2. The van der Waals surface area contributed by atoms with E-state index in [-0.39, 0.29) is 29.1 Å². The Morgan fingerprint density at radius 2 is 1.81 bits per heavy atom. The van der Waals surface area contributed by atoms with Crippen molar-refractivity contribution in [1.82, 2.24) is 14.7 Å². The number of benzene rings is 1. The third-order valence-electron chi connectivity index (χ3n) is 3.53. The zero-order valence-electron chi connectivity index (χ0n) is 14.1. The van der Waals surface area contributed by atoms with Crippen molar-refractivity contribution in [3.05, 3.63) is 65.3 Å². The smallest absolute Gasteiger partial charge is 0.234 e. The number of nitrogens with one attached hydrogen (secondary N) is 2. The van der Waals surface area contributed by atoms with Gasteiger partial charge < -0.3 is 15.0 Å². The molecular formula is C18H16ClFN4O2S. The number of carbonyl (C=O) groups is 2. The minimum absolute atomic E-state index is 0.123. The molecule has 0 fully saturated rings. The lowest BCUT2D eigenvalue weighted by atomic mass is 10.3. The number of fused-ring (bicyclic) bond motifs is 1. The fourth-order valence-electron chi connectivity index (χ4n) is 2.31. The van der Waals surface area contributed by atoms with Crippen molar-refractivity contribution in [3.8, 4) is 0 Å². The maximum atomic E-state index is 12.8. The predicted molar refractivity (Wildman–Crippen MR) is 104 cm³/mol. The second kappa shape index (κ2) is 8.88. The third-order valence-corrected chi connectivity index (χ3v) is 4.68. The van der Waals surface area contributed by atoms with Crippen LogP contribution in [0, 0.1) is 5.82 Å². The van der Waals surface area contributed by atoms with Crippen LogP contribution in [0.25, 0.3) is 5.65 Å². The van der Waals surface area contributed by atoms with E-state index in [0.29, 0.717) is 22.9 Å². The highest BCUT2D eigenvalue weighted by Crippen LogP contribution is 2.12. The summed E-state index contributed by atoms with van der Waals surface area (Å²) in [5.74, 6) is -0.540. The standard InChI is InChI=1S/C18H16ClFN4O2S/c19-12-1-6-16-22-15(9-24(16)8-12)7-21-17(25)10-27-11-18(26)23-14-4-2-13(20)3-5-14/h1-6,8-9H,7,10-11H2,(H,21,25)(H,23,26). The van der Waals surface area contributed by atoms with Crippen LogP contribution in [0.3, 0.4) is 0 Å². The number of hydrogen-bond donors (Lipinski definition) is 2.